The fourth-order valence-electron chi connectivity index (χ4n) is 5.41. The number of carbonyl (C=O) groups is 2. The monoisotopic (exact) mass is 485 g/mol. The molecule has 0 aromatic heterocycles. The Labute approximate surface area is 211 Å². The summed E-state index contributed by atoms with van der Waals surface area (Å²) in [6.45, 7) is 2.78. The molecule has 3 aromatic carbocycles. The summed E-state index contributed by atoms with van der Waals surface area (Å²) >= 11 is 0. The number of hydrogen-bond donors (Lipinski definition) is 0. The van der Waals surface area contributed by atoms with Gasteiger partial charge in [-0.3, -0.25) is 9.59 Å². The molecular weight excluding hydrogens is 454 g/mol. The number of likely N-dealkylation sites (N-methyl/N-ethyl adjacent to an activating group) is 1. The Morgan fingerprint density at radius 2 is 1.50 bits per heavy atom. The zero-order chi connectivity index (χ0) is 25.2. The highest BCUT2D eigenvalue weighted by molar-refractivity contribution is 6.01. The van der Waals surface area contributed by atoms with Gasteiger partial charge in [-0.15, -0.1) is 0 Å². The van der Waals surface area contributed by atoms with Crippen LogP contribution in [0.4, 0.5) is 5.69 Å². The molecular formula is C29H31N3O4. The minimum Gasteiger partial charge on any atom is -0.493 e. The maximum Gasteiger partial charge on any atom is 0.254 e. The van der Waals surface area contributed by atoms with Crippen LogP contribution in [0.2, 0.25) is 0 Å². The topological polar surface area (TPSA) is 62.3 Å². The van der Waals surface area contributed by atoms with Crippen LogP contribution in [-0.2, 0) is 4.79 Å². The van der Waals surface area contributed by atoms with Gasteiger partial charge in [0.25, 0.3) is 5.91 Å². The predicted octanol–water partition coefficient (Wildman–Crippen LogP) is 3.96. The Morgan fingerprint density at radius 3 is 2.19 bits per heavy atom. The molecule has 7 heteroatoms. The van der Waals surface area contributed by atoms with Crippen molar-refractivity contribution in [1.82, 2.24) is 9.80 Å². The highest BCUT2D eigenvalue weighted by Gasteiger charge is 2.44. The number of benzene rings is 3. The number of piperazine rings is 1. The van der Waals surface area contributed by atoms with Gasteiger partial charge < -0.3 is 24.2 Å². The van der Waals surface area contributed by atoms with Crippen molar-refractivity contribution in [3.63, 3.8) is 0 Å². The molecule has 0 saturated carbocycles. The Bertz CT molecular complexity index is 1250. The second-order valence-electron chi connectivity index (χ2n) is 9.19. The smallest absolute Gasteiger partial charge is 0.254 e. The molecule has 0 unspecified atom stereocenters. The average Bonchev–Trinajstić information content (AvgIpc) is 2.94. The van der Waals surface area contributed by atoms with Gasteiger partial charge in [-0.25, -0.2) is 0 Å². The highest BCUT2D eigenvalue weighted by Crippen LogP contribution is 2.44. The SMILES string of the molecule is COc1ccc([C@@H]2[C@@H](C(=O)N3CCN(c4ccccc4)CC3)c3ccccc3C(=O)N2C)cc1OC. The molecule has 0 radical (unpaired) electrons. The van der Waals surface area contributed by atoms with Crippen LogP contribution in [0.3, 0.4) is 0 Å². The number of amides is 2. The van der Waals surface area contributed by atoms with E-state index in [1.165, 1.54) is 5.69 Å². The van der Waals surface area contributed by atoms with E-state index in [0.717, 1.165) is 24.2 Å². The third-order valence-electron chi connectivity index (χ3n) is 7.31. The molecule has 0 spiro atoms. The highest BCUT2D eigenvalue weighted by atomic mass is 16.5. The lowest BCUT2D eigenvalue weighted by Gasteiger charge is -2.43. The van der Waals surface area contributed by atoms with Gasteiger partial charge in [0, 0.05) is 44.5 Å². The molecule has 0 N–H and O–H groups in total. The molecule has 1 saturated heterocycles. The third kappa shape index (κ3) is 4.15. The van der Waals surface area contributed by atoms with Gasteiger partial charge in [-0.1, -0.05) is 42.5 Å². The Kier molecular flexibility index (Phi) is 6.55. The first-order valence-corrected chi connectivity index (χ1v) is 12.2. The first-order valence-electron chi connectivity index (χ1n) is 12.2. The number of nitrogens with zero attached hydrogens (tertiary/aromatic N) is 3. The molecule has 3 aromatic rings. The summed E-state index contributed by atoms with van der Waals surface area (Å²) in [6, 6.07) is 22.9. The van der Waals surface area contributed by atoms with Gasteiger partial charge in [0.1, 0.15) is 0 Å². The fraction of sp³-hybridized carbons (Fsp3) is 0.310. The van der Waals surface area contributed by atoms with Crippen LogP contribution >= 0.6 is 0 Å². The zero-order valence-corrected chi connectivity index (χ0v) is 20.9. The van der Waals surface area contributed by atoms with Crippen molar-refractivity contribution in [1.29, 1.82) is 0 Å². The second kappa shape index (κ2) is 9.93. The number of ether oxygens (including phenoxy) is 2. The van der Waals surface area contributed by atoms with Crippen molar-refractivity contribution in [3.05, 3.63) is 89.5 Å². The molecule has 2 heterocycles. The molecule has 0 bridgehead atoms. The van der Waals surface area contributed by atoms with Crippen LogP contribution in [0, 0.1) is 0 Å². The minimum atomic E-state index is -0.523. The van der Waals surface area contributed by atoms with E-state index >= 15 is 0 Å². The van der Waals surface area contributed by atoms with Crippen molar-refractivity contribution in [2.45, 2.75) is 12.0 Å². The van der Waals surface area contributed by atoms with Gasteiger partial charge in [0.2, 0.25) is 5.91 Å². The number of fused-ring (bicyclic) bond motifs is 1. The van der Waals surface area contributed by atoms with E-state index < -0.39 is 12.0 Å². The van der Waals surface area contributed by atoms with Gasteiger partial charge >= 0.3 is 0 Å². The summed E-state index contributed by atoms with van der Waals surface area (Å²) in [7, 11) is 4.94. The Hall–Kier alpha value is -4.00. The summed E-state index contributed by atoms with van der Waals surface area (Å²) in [5.74, 6) is 0.589. The van der Waals surface area contributed by atoms with Crippen molar-refractivity contribution >= 4 is 17.5 Å². The van der Waals surface area contributed by atoms with Gasteiger partial charge in [-0.2, -0.15) is 0 Å². The predicted molar refractivity (Wildman–Crippen MR) is 139 cm³/mol. The average molecular weight is 486 g/mol. The lowest BCUT2D eigenvalue weighted by molar-refractivity contribution is -0.134. The summed E-state index contributed by atoms with van der Waals surface area (Å²) in [5.41, 5.74) is 3.36. The van der Waals surface area contributed by atoms with Crippen molar-refractivity contribution in [2.75, 3.05) is 52.3 Å². The van der Waals surface area contributed by atoms with Crippen LogP contribution in [0.25, 0.3) is 0 Å². The number of rotatable bonds is 5. The summed E-state index contributed by atoms with van der Waals surface area (Å²) in [6.07, 6.45) is 0. The van der Waals surface area contributed by atoms with Gasteiger partial charge in [-0.05, 0) is 41.5 Å². The number of anilines is 1. The van der Waals surface area contributed by atoms with Crippen LogP contribution in [-0.4, -0.2) is 69.1 Å². The molecule has 2 aliphatic heterocycles. The maximum absolute atomic E-state index is 14.2. The Morgan fingerprint density at radius 1 is 0.833 bits per heavy atom. The van der Waals surface area contributed by atoms with Crippen LogP contribution < -0.4 is 14.4 Å². The van der Waals surface area contributed by atoms with Crippen LogP contribution in [0.15, 0.2) is 72.8 Å². The van der Waals surface area contributed by atoms with E-state index in [1.54, 1.807) is 26.2 Å². The molecule has 7 nitrogen and oxygen atoms in total. The number of methoxy groups -OCH3 is 2. The number of para-hydroxylation sites is 1. The third-order valence-corrected chi connectivity index (χ3v) is 7.31. The normalized spacial score (nSPS) is 19.6. The van der Waals surface area contributed by atoms with E-state index in [-0.39, 0.29) is 11.8 Å². The van der Waals surface area contributed by atoms with Gasteiger partial charge in [0.05, 0.1) is 26.2 Å². The summed E-state index contributed by atoms with van der Waals surface area (Å²) in [4.78, 5) is 33.5. The van der Waals surface area contributed by atoms with E-state index in [4.69, 9.17) is 9.47 Å². The Balaban J connectivity index is 1.49. The molecule has 2 aliphatic rings. The van der Waals surface area contributed by atoms with E-state index in [9.17, 15) is 9.59 Å². The standard InChI is InChI=1S/C29H31N3O4/c1-30-27(20-13-14-24(35-2)25(19-20)36-3)26(22-11-7-8-12-23(22)28(30)33)29(34)32-17-15-31(16-18-32)21-9-5-4-6-10-21/h4-14,19,26-27H,15-18H2,1-3H3/t26-,27+/m0/s1. The van der Waals surface area contributed by atoms with E-state index in [2.05, 4.69) is 17.0 Å². The number of carbonyl (C=O) groups excluding carboxylic acids is 2. The van der Waals surface area contributed by atoms with Crippen molar-refractivity contribution < 1.29 is 19.1 Å². The van der Waals surface area contributed by atoms with E-state index in [1.807, 2.05) is 65.6 Å². The molecule has 5 rings (SSSR count). The molecule has 0 aliphatic carbocycles. The fourth-order valence-corrected chi connectivity index (χ4v) is 5.41. The second-order valence-corrected chi connectivity index (χ2v) is 9.19. The first-order chi connectivity index (χ1) is 17.5. The van der Waals surface area contributed by atoms with Crippen LogP contribution in [0.1, 0.15) is 33.4 Å². The minimum absolute atomic E-state index is 0.0364. The maximum atomic E-state index is 14.2. The largest absolute Gasteiger partial charge is 0.493 e. The quantitative estimate of drug-likeness (QED) is 0.548. The molecule has 36 heavy (non-hydrogen) atoms. The van der Waals surface area contributed by atoms with E-state index in [0.29, 0.717) is 30.2 Å². The van der Waals surface area contributed by atoms with Crippen LogP contribution in [0.5, 0.6) is 11.5 Å². The first kappa shape index (κ1) is 23.7. The lowest BCUT2D eigenvalue weighted by atomic mass is 9.79. The van der Waals surface area contributed by atoms with Crippen molar-refractivity contribution in [3.8, 4) is 11.5 Å². The lowest BCUT2D eigenvalue weighted by Crippen LogP contribution is -2.53. The van der Waals surface area contributed by atoms with Crippen molar-refractivity contribution in [2.24, 2.45) is 0 Å². The summed E-state index contributed by atoms with van der Waals surface area (Å²) < 4.78 is 10.9. The van der Waals surface area contributed by atoms with Gasteiger partial charge in [0.15, 0.2) is 11.5 Å². The number of hydrogen-bond acceptors (Lipinski definition) is 5. The zero-order valence-electron chi connectivity index (χ0n) is 20.9. The molecule has 2 amide bonds. The molecule has 186 valence electrons. The molecule has 1 fully saturated rings. The summed E-state index contributed by atoms with van der Waals surface area (Å²) in [5, 5.41) is 0. The molecule has 2 atom stereocenters.